The monoisotopic (exact) mass is 370 g/mol. The van der Waals surface area contributed by atoms with Gasteiger partial charge in [-0.1, -0.05) is 30.3 Å². The Hall–Kier alpha value is -2.28. The van der Waals surface area contributed by atoms with Crippen molar-refractivity contribution in [2.75, 3.05) is 44.4 Å². The molecule has 1 amide bonds. The summed E-state index contributed by atoms with van der Waals surface area (Å²) in [6.07, 6.45) is 0. The number of hydrogen-bond donors (Lipinski definition) is 0. The Kier molecular flexibility index (Phi) is 5.20. The van der Waals surface area contributed by atoms with Gasteiger partial charge in [-0.25, -0.2) is 4.39 Å². The highest BCUT2D eigenvalue weighted by atomic mass is 19.1. The summed E-state index contributed by atoms with van der Waals surface area (Å²) in [6, 6.07) is 16.2. The van der Waals surface area contributed by atoms with Gasteiger partial charge in [-0.15, -0.1) is 0 Å². The van der Waals surface area contributed by atoms with Gasteiger partial charge in [0.05, 0.1) is 19.8 Å². The first-order valence-electron chi connectivity index (χ1n) is 9.18. The van der Waals surface area contributed by atoms with Gasteiger partial charge < -0.3 is 14.4 Å². The van der Waals surface area contributed by atoms with Gasteiger partial charge in [0, 0.05) is 25.3 Å². The zero-order valence-corrected chi connectivity index (χ0v) is 15.1. The lowest BCUT2D eigenvalue weighted by molar-refractivity contribution is -0.146. The van der Waals surface area contributed by atoms with Crippen LogP contribution >= 0.6 is 0 Å². The van der Waals surface area contributed by atoms with Gasteiger partial charge in [-0.2, -0.15) is 0 Å². The highest BCUT2D eigenvalue weighted by molar-refractivity contribution is 5.95. The normalized spacial score (nSPS) is 24.2. The molecule has 2 aromatic carbocycles. The van der Waals surface area contributed by atoms with Gasteiger partial charge in [-0.05, 0) is 29.8 Å². The average molecular weight is 370 g/mol. The predicted molar refractivity (Wildman–Crippen MR) is 100.0 cm³/mol. The maximum Gasteiger partial charge on any atom is 0.253 e. The molecule has 1 atom stereocenters. The lowest BCUT2D eigenvalue weighted by Crippen LogP contribution is -2.60. The summed E-state index contributed by atoms with van der Waals surface area (Å²) in [6.45, 7) is 3.66. The fourth-order valence-corrected chi connectivity index (χ4v) is 3.71. The van der Waals surface area contributed by atoms with E-state index in [9.17, 15) is 9.18 Å². The molecule has 2 saturated heterocycles. The number of carbonyl (C=O) groups excluding carboxylic acids is 1. The second kappa shape index (κ2) is 7.76. The van der Waals surface area contributed by atoms with Gasteiger partial charge in [0.1, 0.15) is 18.0 Å². The number of halogens is 1. The number of rotatable bonds is 3. The molecular weight excluding hydrogens is 347 g/mol. The SMILES string of the molecule is O=C1CO[C@]2(COCCN(Cc3ccc(F)cc3)C2)CN1c1ccccc1. The molecule has 2 fully saturated rings. The van der Waals surface area contributed by atoms with Crippen LogP contribution in [0, 0.1) is 5.82 Å². The molecule has 142 valence electrons. The molecule has 0 radical (unpaired) electrons. The second-order valence-electron chi connectivity index (χ2n) is 7.18. The Balaban J connectivity index is 1.52. The summed E-state index contributed by atoms with van der Waals surface area (Å²) >= 11 is 0. The molecule has 2 heterocycles. The Morgan fingerprint density at radius 1 is 1.04 bits per heavy atom. The van der Waals surface area contributed by atoms with E-state index in [0.29, 0.717) is 32.8 Å². The number of hydrogen-bond acceptors (Lipinski definition) is 4. The molecule has 0 unspecified atom stereocenters. The summed E-state index contributed by atoms with van der Waals surface area (Å²) in [5.41, 5.74) is 1.35. The smallest absolute Gasteiger partial charge is 0.253 e. The van der Waals surface area contributed by atoms with Gasteiger partial charge in [0.15, 0.2) is 0 Å². The van der Waals surface area contributed by atoms with Crippen LogP contribution in [0.1, 0.15) is 5.56 Å². The zero-order valence-electron chi connectivity index (χ0n) is 15.1. The summed E-state index contributed by atoms with van der Waals surface area (Å²) in [7, 11) is 0. The summed E-state index contributed by atoms with van der Waals surface area (Å²) < 4.78 is 25.0. The van der Waals surface area contributed by atoms with E-state index < -0.39 is 5.60 Å². The van der Waals surface area contributed by atoms with Crippen LogP contribution in [0.15, 0.2) is 54.6 Å². The van der Waals surface area contributed by atoms with Crippen molar-refractivity contribution >= 4 is 11.6 Å². The molecule has 2 aromatic rings. The van der Waals surface area contributed by atoms with Crippen LogP contribution in [-0.2, 0) is 20.8 Å². The zero-order chi connectivity index (χ0) is 18.7. The first kappa shape index (κ1) is 18.1. The Morgan fingerprint density at radius 2 is 1.81 bits per heavy atom. The van der Waals surface area contributed by atoms with Crippen molar-refractivity contribution in [1.82, 2.24) is 4.90 Å². The number of amides is 1. The topological polar surface area (TPSA) is 42.0 Å². The average Bonchev–Trinajstić information content (AvgIpc) is 2.89. The van der Waals surface area contributed by atoms with Gasteiger partial charge in [0.2, 0.25) is 0 Å². The second-order valence-corrected chi connectivity index (χ2v) is 7.18. The van der Waals surface area contributed by atoms with Crippen molar-refractivity contribution in [3.05, 3.63) is 66.0 Å². The Bertz CT molecular complexity index is 784. The van der Waals surface area contributed by atoms with Gasteiger partial charge in [-0.3, -0.25) is 9.69 Å². The molecule has 0 saturated carbocycles. The number of ether oxygens (including phenoxy) is 2. The third-order valence-electron chi connectivity index (χ3n) is 5.07. The van der Waals surface area contributed by atoms with Crippen molar-refractivity contribution in [3.63, 3.8) is 0 Å². The molecule has 0 aliphatic carbocycles. The minimum Gasteiger partial charge on any atom is -0.377 e. The number of anilines is 1. The van der Waals surface area contributed by atoms with Crippen molar-refractivity contribution in [1.29, 1.82) is 0 Å². The van der Waals surface area contributed by atoms with E-state index in [1.807, 2.05) is 30.3 Å². The van der Waals surface area contributed by atoms with Crippen LogP contribution in [0.3, 0.4) is 0 Å². The van der Waals surface area contributed by atoms with Crippen molar-refractivity contribution in [2.45, 2.75) is 12.1 Å². The van der Waals surface area contributed by atoms with E-state index in [2.05, 4.69) is 4.90 Å². The van der Waals surface area contributed by atoms with E-state index in [0.717, 1.165) is 17.8 Å². The van der Waals surface area contributed by atoms with Gasteiger partial charge >= 0.3 is 0 Å². The number of nitrogens with zero attached hydrogens (tertiary/aromatic N) is 2. The first-order valence-corrected chi connectivity index (χ1v) is 9.18. The maximum atomic E-state index is 13.2. The molecule has 5 nitrogen and oxygen atoms in total. The lowest BCUT2D eigenvalue weighted by Gasteiger charge is -2.43. The molecule has 0 N–H and O–H groups in total. The van der Waals surface area contributed by atoms with Crippen LogP contribution in [0.5, 0.6) is 0 Å². The van der Waals surface area contributed by atoms with Crippen molar-refractivity contribution in [2.24, 2.45) is 0 Å². The van der Waals surface area contributed by atoms with Crippen LogP contribution in [0.4, 0.5) is 10.1 Å². The van der Waals surface area contributed by atoms with E-state index >= 15 is 0 Å². The predicted octanol–water partition coefficient (Wildman–Crippen LogP) is 2.46. The summed E-state index contributed by atoms with van der Waals surface area (Å²) in [5, 5.41) is 0. The molecule has 1 spiro atoms. The minimum atomic E-state index is -0.569. The summed E-state index contributed by atoms with van der Waals surface area (Å²) in [5.74, 6) is -0.275. The van der Waals surface area contributed by atoms with Crippen LogP contribution in [-0.4, -0.2) is 55.9 Å². The van der Waals surface area contributed by atoms with Crippen LogP contribution < -0.4 is 4.90 Å². The highest BCUT2D eigenvalue weighted by Crippen LogP contribution is 2.27. The molecule has 4 rings (SSSR count). The number of carbonyl (C=O) groups is 1. The molecule has 27 heavy (non-hydrogen) atoms. The van der Waals surface area contributed by atoms with Crippen LogP contribution in [0.25, 0.3) is 0 Å². The number of para-hydroxylation sites is 1. The molecule has 6 heteroatoms. The minimum absolute atomic E-state index is 0.0406. The third kappa shape index (κ3) is 4.18. The summed E-state index contributed by atoms with van der Waals surface area (Å²) in [4.78, 5) is 16.5. The van der Waals surface area contributed by atoms with Gasteiger partial charge in [0.25, 0.3) is 5.91 Å². The molecule has 0 aromatic heterocycles. The Morgan fingerprint density at radius 3 is 2.59 bits per heavy atom. The maximum absolute atomic E-state index is 13.2. The van der Waals surface area contributed by atoms with E-state index in [4.69, 9.17) is 9.47 Å². The Labute approximate surface area is 158 Å². The van der Waals surface area contributed by atoms with E-state index in [1.165, 1.54) is 12.1 Å². The largest absolute Gasteiger partial charge is 0.377 e. The van der Waals surface area contributed by atoms with Crippen molar-refractivity contribution in [3.8, 4) is 0 Å². The van der Waals surface area contributed by atoms with E-state index in [-0.39, 0.29) is 18.3 Å². The standard InChI is InChI=1S/C21H23FN2O3/c22-18-8-6-17(7-9-18)12-23-10-11-26-16-21(14-23)15-24(20(25)13-27-21)19-4-2-1-3-5-19/h1-9H,10-16H2/t21-/m0/s1. The molecule has 0 bridgehead atoms. The quantitative estimate of drug-likeness (QED) is 0.832. The number of morpholine rings is 1. The molecule has 2 aliphatic heterocycles. The lowest BCUT2D eigenvalue weighted by atomic mass is 10.0. The highest BCUT2D eigenvalue weighted by Gasteiger charge is 2.43. The first-order chi connectivity index (χ1) is 13.1. The number of benzene rings is 2. The molecule has 2 aliphatic rings. The van der Waals surface area contributed by atoms with Crippen LogP contribution in [0.2, 0.25) is 0 Å². The molecular formula is C21H23FN2O3. The fourth-order valence-electron chi connectivity index (χ4n) is 3.71. The third-order valence-corrected chi connectivity index (χ3v) is 5.07. The van der Waals surface area contributed by atoms with Crippen molar-refractivity contribution < 1.29 is 18.7 Å². The van der Waals surface area contributed by atoms with E-state index in [1.54, 1.807) is 17.0 Å². The fraction of sp³-hybridized carbons (Fsp3) is 0.381.